The predicted molar refractivity (Wildman–Crippen MR) is 118 cm³/mol. The maximum atomic E-state index is 12.6. The summed E-state index contributed by atoms with van der Waals surface area (Å²) >= 11 is 0. The zero-order valence-corrected chi connectivity index (χ0v) is 17.2. The van der Waals surface area contributed by atoms with Crippen LogP contribution >= 0.6 is 0 Å². The molecule has 7 nitrogen and oxygen atoms in total. The van der Waals surface area contributed by atoms with Gasteiger partial charge in [0.05, 0.1) is 6.42 Å². The minimum Gasteiger partial charge on any atom is -0.346 e. The number of pyridine rings is 1. The number of nitrogens with one attached hydrogen (secondary N) is 1. The summed E-state index contributed by atoms with van der Waals surface area (Å²) < 4.78 is 0. The van der Waals surface area contributed by atoms with Gasteiger partial charge >= 0.3 is 0 Å². The Labute approximate surface area is 180 Å². The molecule has 2 aromatic heterocycles. The van der Waals surface area contributed by atoms with Crippen molar-refractivity contribution in [2.24, 2.45) is 0 Å². The molecule has 1 aliphatic heterocycles. The SMILES string of the molecule is O=CN(c1cc(-c2ccc(CC(=O)N3CCC(=O)CC3)cc2)c2cc[nH]c2n1)C1CC1. The van der Waals surface area contributed by atoms with Crippen molar-refractivity contribution in [2.75, 3.05) is 18.0 Å². The van der Waals surface area contributed by atoms with E-state index in [2.05, 4.69) is 9.97 Å². The number of H-pyrrole nitrogens is 1. The van der Waals surface area contributed by atoms with Gasteiger partial charge in [-0.05, 0) is 41.7 Å². The number of aromatic nitrogens is 2. The molecule has 31 heavy (non-hydrogen) atoms. The molecule has 7 heteroatoms. The van der Waals surface area contributed by atoms with Crippen molar-refractivity contribution in [1.82, 2.24) is 14.9 Å². The van der Waals surface area contributed by atoms with Crippen molar-refractivity contribution in [3.05, 3.63) is 48.2 Å². The van der Waals surface area contributed by atoms with Crippen molar-refractivity contribution in [1.29, 1.82) is 0 Å². The summed E-state index contributed by atoms with van der Waals surface area (Å²) in [4.78, 5) is 46.9. The van der Waals surface area contributed by atoms with Crippen LogP contribution in [-0.4, -0.2) is 52.1 Å². The fourth-order valence-electron chi connectivity index (χ4n) is 4.17. The highest BCUT2D eigenvalue weighted by atomic mass is 16.2. The van der Waals surface area contributed by atoms with Crippen LogP contribution in [0.5, 0.6) is 0 Å². The van der Waals surface area contributed by atoms with E-state index in [0.29, 0.717) is 38.2 Å². The molecule has 2 aliphatic rings. The molecule has 0 unspecified atom stereocenters. The third kappa shape index (κ3) is 3.95. The lowest BCUT2D eigenvalue weighted by molar-refractivity contribution is -0.133. The molecule has 2 amide bonds. The van der Waals surface area contributed by atoms with E-state index in [9.17, 15) is 14.4 Å². The van der Waals surface area contributed by atoms with Crippen molar-refractivity contribution in [3.8, 4) is 11.1 Å². The highest BCUT2D eigenvalue weighted by molar-refractivity contribution is 5.96. The normalized spacial score (nSPS) is 16.5. The molecule has 1 N–H and O–H groups in total. The Kier molecular flexibility index (Phi) is 5.02. The van der Waals surface area contributed by atoms with Crippen LogP contribution in [0.25, 0.3) is 22.2 Å². The highest BCUT2D eigenvalue weighted by Gasteiger charge is 2.30. The molecule has 3 aromatic rings. The van der Waals surface area contributed by atoms with Crippen LogP contribution in [0.15, 0.2) is 42.6 Å². The molecular weight excluding hydrogens is 392 g/mol. The largest absolute Gasteiger partial charge is 0.346 e. The second-order valence-electron chi connectivity index (χ2n) is 8.30. The number of piperidine rings is 1. The molecule has 1 saturated carbocycles. The number of carbonyl (C=O) groups excluding carboxylic acids is 3. The number of amides is 2. The Morgan fingerprint density at radius 2 is 1.90 bits per heavy atom. The minimum absolute atomic E-state index is 0.0607. The quantitative estimate of drug-likeness (QED) is 0.626. The van der Waals surface area contributed by atoms with Gasteiger partial charge in [-0.15, -0.1) is 0 Å². The van der Waals surface area contributed by atoms with Crippen LogP contribution in [-0.2, 0) is 20.8 Å². The van der Waals surface area contributed by atoms with Crippen molar-refractivity contribution < 1.29 is 14.4 Å². The first-order chi connectivity index (χ1) is 15.1. The summed E-state index contributed by atoms with van der Waals surface area (Å²) in [7, 11) is 0. The molecule has 0 radical (unpaired) electrons. The van der Waals surface area contributed by atoms with Gasteiger partial charge < -0.3 is 9.88 Å². The Morgan fingerprint density at radius 1 is 1.16 bits per heavy atom. The Hall–Kier alpha value is -3.48. The van der Waals surface area contributed by atoms with E-state index in [4.69, 9.17) is 0 Å². The van der Waals surface area contributed by atoms with Gasteiger partial charge in [0.1, 0.15) is 17.2 Å². The van der Waals surface area contributed by atoms with E-state index >= 15 is 0 Å². The van der Waals surface area contributed by atoms with Gasteiger partial charge in [-0.25, -0.2) is 4.98 Å². The summed E-state index contributed by atoms with van der Waals surface area (Å²) in [6, 6.07) is 12.2. The van der Waals surface area contributed by atoms with Gasteiger partial charge in [0, 0.05) is 43.6 Å². The second-order valence-corrected chi connectivity index (χ2v) is 8.30. The van der Waals surface area contributed by atoms with Crippen LogP contribution in [0.2, 0.25) is 0 Å². The van der Waals surface area contributed by atoms with Crippen molar-refractivity contribution in [3.63, 3.8) is 0 Å². The Morgan fingerprint density at radius 3 is 2.58 bits per heavy atom. The van der Waals surface area contributed by atoms with Crippen LogP contribution < -0.4 is 4.90 Å². The molecule has 0 atom stereocenters. The summed E-state index contributed by atoms with van der Waals surface area (Å²) in [5.74, 6) is 0.947. The number of benzene rings is 1. The maximum absolute atomic E-state index is 12.6. The molecule has 5 rings (SSSR count). The van der Waals surface area contributed by atoms with Crippen LogP contribution in [0.4, 0.5) is 5.82 Å². The van der Waals surface area contributed by atoms with Gasteiger partial charge in [0.2, 0.25) is 12.3 Å². The lowest BCUT2D eigenvalue weighted by Crippen LogP contribution is -2.39. The maximum Gasteiger partial charge on any atom is 0.227 e. The third-order valence-electron chi connectivity index (χ3n) is 6.13. The summed E-state index contributed by atoms with van der Waals surface area (Å²) in [5.41, 5.74) is 3.70. The molecule has 0 bridgehead atoms. The van der Waals surface area contributed by atoms with Gasteiger partial charge in [-0.2, -0.15) is 0 Å². The third-order valence-corrected chi connectivity index (χ3v) is 6.13. The molecule has 2 fully saturated rings. The first-order valence-corrected chi connectivity index (χ1v) is 10.7. The Balaban J connectivity index is 1.39. The number of anilines is 1. The standard InChI is InChI=1S/C24H24N4O3/c29-15-28(18-5-6-18)22-14-21(20-7-10-25-24(20)26-22)17-3-1-16(2-4-17)13-23(31)27-11-8-19(30)9-12-27/h1-4,7,10,14-15,18H,5-6,8-9,11-13H2,(H,25,26). The Bertz CT molecular complexity index is 1140. The highest BCUT2D eigenvalue weighted by Crippen LogP contribution is 2.35. The molecule has 1 aliphatic carbocycles. The van der Waals surface area contributed by atoms with Crippen LogP contribution in [0.1, 0.15) is 31.2 Å². The average Bonchev–Trinajstić information content (AvgIpc) is 3.50. The number of ketones is 1. The minimum atomic E-state index is 0.0607. The monoisotopic (exact) mass is 416 g/mol. The number of nitrogens with zero attached hydrogens (tertiary/aromatic N) is 3. The van der Waals surface area contributed by atoms with Crippen LogP contribution in [0, 0.1) is 0 Å². The van der Waals surface area contributed by atoms with E-state index in [-0.39, 0.29) is 17.7 Å². The van der Waals surface area contributed by atoms with E-state index in [1.54, 1.807) is 9.80 Å². The summed E-state index contributed by atoms with van der Waals surface area (Å²) in [6.45, 7) is 1.05. The second kappa shape index (κ2) is 7.98. The van der Waals surface area contributed by atoms with E-state index in [1.165, 1.54) is 0 Å². The average molecular weight is 416 g/mol. The van der Waals surface area contributed by atoms with Crippen molar-refractivity contribution >= 4 is 35.0 Å². The first-order valence-electron chi connectivity index (χ1n) is 10.7. The number of aromatic amines is 1. The number of Topliss-reactive ketones (excluding diaryl/α,β-unsaturated/α-hetero) is 1. The van der Waals surface area contributed by atoms with E-state index < -0.39 is 0 Å². The number of fused-ring (bicyclic) bond motifs is 1. The number of rotatable bonds is 6. The molecule has 1 saturated heterocycles. The van der Waals surface area contributed by atoms with E-state index in [0.717, 1.165) is 47.0 Å². The fourth-order valence-corrected chi connectivity index (χ4v) is 4.17. The summed E-state index contributed by atoms with van der Waals surface area (Å²) in [6.07, 6.45) is 5.97. The first kappa shape index (κ1) is 19.5. The number of carbonyl (C=O) groups is 3. The lowest BCUT2D eigenvalue weighted by atomic mass is 10.0. The van der Waals surface area contributed by atoms with Gasteiger partial charge in [-0.1, -0.05) is 24.3 Å². The lowest BCUT2D eigenvalue weighted by Gasteiger charge is -2.26. The number of hydrogen-bond donors (Lipinski definition) is 1. The smallest absolute Gasteiger partial charge is 0.227 e. The molecule has 158 valence electrons. The summed E-state index contributed by atoms with van der Waals surface area (Å²) in [5, 5.41) is 0.993. The van der Waals surface area contributed by atoms with Crippen molar-refractivity contribution in [2.45, 2.75) is 38.1 Å². The number of likely N-dealkylation sites (tertiary alicyclic amines) is 1. The zero-order chi connectivity index (χ0) is 21.4. The topological polar surface area (TPSA) is 86.4 Å². The molecule has 0 spiro atoms. The van der Waals surface area contributed by atoms with Crippen LogP contribution in [0.3, 0.4) is 0 Å². The number of hydrogen-bond acceptors (Lipinski definition) is 4. The fraction of sp³-hybridized carbons (Fsp3) is 0.333. The van der Waals surface area contributed by atoms with Gasteiger partial charge in [-0.3, -0.25) is 19.3 Å². The van der Waals surface area contributed by atoms with Gasteiger partial charge in [0.25, 0.3) is 0 Å². The molecule has 1 aromatic carbocycles. The molecule has 3 heterocycles. The van der Waals surface area contributed by atoms with Gasteiger partial charge in [0.15, 0.2) is 0 Å². The molecular formula is C24H24N4O3. The predicted octanol–water partition coefficient (Wildman–Crippen LogP) is 3.09. The zero-order valence-electron chi connectivity index (χ0n) is 17.2. The van der Waals surface area contributed by atoms with E-state index in [1.807, 2.05) is 42.6 Å².